The largest absolute Gasteiger partial charge is 0.416 e. The number of aliphatic hydroxyl groups is 1. The fraction of sp³-hybridized carbons (Fsp3) is 0.636. The molecule has 1 atom stereocenters. The third-order valence-corrected chi connectivity index (χ3v) is 3.41. The Kier molecular flexibility index (Phi) is 5.75. The normalized spacial score (nSPS) is 13.1. The molecule has 5 nitrogen and oxygen atoms in total. The highest BCUT2D eigenvalue weighted by Crippen LogP contribution is 2.22. The Morgan fingerprint density at radius 2 is 2.25 bits per heavy atom. The first-order chi connectivity index (χ1) is 9.24. The molecule has 0 radical (unpaired) electrons. The summed E-state index contributed by atoms with van der Waals surface area (Å²) in [7, 11) is 1.17. The summed E-state index contributed by atoms with van der Waals surface area (Å²) in [4.78, 5) is 17.4. The Hall–Kier alpha value is -1.35. The summed E-state index contributed by atoms with van der Waals surface area (Å²) in [5.41, 5.74) is 0. The SMILES string of the molecule is CCCc1cnc(NC(=O)N(C)CC(O)C(F)(F)F)s1. The summed E-state index contributed by atoms with van der Waals surface area (Å²) >= 11 is 1.27. The van der Waals surface area contributed by atoms with E-state index >= 15 is 0 Å². The first-order valence-corrected chi connectivity index (χ1v) is 6.77. The number of anilines is 1. The van der Waals surface area contributed by atoms with E-state index < -0.39 is 24.9 Å². The molecule has 9 heteroatoms. The van der Waals surface area contributed by atoms with Crippen LogP contribution in [0.2, 0.25) is 0 Å². The van der Waals surface area contributed by atoms with Crippen molar-refractivity contribution in [3.63, 3.8) is 0 Å². The number of carbonyl (C=O) groups excluding carboxylic acids is 1. The molecule has 114 valence electrons. The minimum absolute atomic E-state index is 0.326. The lowest BCUT2D eigenvalue weighted by Gasteiger charge is -2.22. The van der Waals surface area contributed by atoms with E-state index in [4.69, 9.17) is 5.11 Å². The molecular formula is C11H16F3N3O2S. The highest BCUT2D eigenvalue weighted by Gasteiger charge is 2.39. The first-order valence-electron chi connectivity index (χ1n) is 5.95. The van der Waals surface area contributed by atoms with Gasteiger partial charge in [-0.2, -0.15) is 13.2 Å². The van der Waals surface area contributed by atoms with Gasteiger partial charge in [0.1, 0.15) is 0 Å². The number of hydrogen-bond acceptors (Lipinski definition) is 4. The third-order valence-electron chi connectivity index (χ3n) is 2.44. The van der Waals surface area contributed by atoms with Crippen LogP contribution in [0.25, 0.3) is 0 Å². The monoisotopic (exact) mass is 311 g/mol. The molecular weight excluding hydrogens is 295 g/mol. The Bertz CT molecular complexity index is 450. The molecule has 1 rings (SSSR count). The second-order valence-electron chi connectivity index (χ2n) is 4.25. The van der Waals surface area contributed by atoms with Crippen LogP contribution in [-0.4, -0.2) is 46.9 Å². The van der Waals surface area contributed by atoms with Crippen LogP contribution in [0.3, 0.4) is 0 Å². The number of halogens is 3. The van der Waals surface area contributed by atoms with Crippen molar-refractivity contribution in [2.45, 2.75) is 32.0 Å². The van der Waals surface area contributed by atoms with Crippen molar-refractivity contribution in [2.75, 3.05) is 18.9 Å². The molecule has 0 fully saturated rings. The maximum atomic E-state index is 12.2. The molecule has 1 unspecified atom stereocenters. The quantitative estimate of drug-likeness (QED) is 0.878. The predicted octanol–water partition coefficient (Wildman–Crippen LogP) is 2.48. The molecule has 0 aromatic carbocycles. The maximum absolute atomic E-state index is 12.2. The van der Waals surface area contributed by atoms with Crippen molar-refractivity contribution < 1.29 is 23.1 Å². The van der Waals surface area contributed by atoms with Crippen molar-refractivity contribution >= 4 is 22.5 Å². The minimum Gasteiger partial charge on any atom is -0.382 e. The van der Waals surface area contributed by atoms with Gasteiger partial charge in [0, 0.05) is 18.1 Å². The molecule has 0 bridgehead atoms. The number of aryl methyl sites for hydroxylation is 1. The molecule has 20 heavy (non-hydrogen) atoms. The first kappa shape index (κ1) is 16.7. The highest BCUT2D eigenvalue weighted by molar-refractivity contribution is 7.15. The smallest absolute Gasteiger partial charge is 0.382 e. The number of urea groups is 1. The van der Waals surface area contributed by atoms with Crippen molar-refractivity contribution in [1.29, 1.82) is 0 Å². The molecule has 2 N–H and O–H groups in total. The number of nitrogens with zero attached hydrogens (tertiary/aromatic N) is 2. The predicted molar refractivity (Wildman–Crippen MR) is 69.8 cm³/mol. The number of aromatic nitrogens is 1. The van der Waals surface area contributed by atoms with Gasteiger partial charge in [-0.25, -0.2) is 9.78 Å². The zero-order valence-corrected chi connectivity index (χ0v) is 11.9. The Balaban J connectivity index is 2.52. The molecule has 0 saturated heterocycles. The average Bonchev–Trinajstić information content (AvgIpc) is 2.75. The van der Waals surface area contributed by atoms with Crippen molar-refractivity contribution in [2.24, 2.45) is 0 Å². The summed E-state index contributed by atoms with van der Waals surface area (Å²) < 4.78 is 36.5. The number of likely N-dealkylation sites (N-methyl/N-ethyl adjacent to an activating group) is 1. The van der Waals surface area contributed by atoms with Gasteiger partial charge in [0.25, 0.3) is 0 Å². The highest BCUT2D eigenvalue weighted by atomic mass is 32.1. The van der Waals surface area contributed by atoms with Gasteiger partial charge < -0.3 is 10.0 Å². The second kappa shape index (κ2) is 6.89. The molecule has 1 aromatic rings. The Morgan fingerprint density at radius 3 is 2.80 bits per heavy atom. The van der Waals surface area contributed by atoms with Gasteiger partial charge in [0.15, 0.2) is 11.2 Å². The lowest BCUT2D eigenvalue weighted by molar-refractivity contribution is -0.205. The number of carbonyl (C=O) groups is 1. The van der Waals surface area contributed by atoms with Crippen LogP contribution in [0.5, 0.6) is 0 Å². The lowest BCUT2D eigenvalue weighted by Crippen LogP contribution is -2.43. The van der Waals surface area contributed by atoms with Crippen LogP contribution in [0.1, 0.15) is 18.2 Å². The van der Waals surface area contributed by atoms with E-state index in [1.165, 1.54) is 18.4 Å². The standard InChI is InChI=1S/C11H16F3N3O2S/c1-3-4-7-5-15-9(20-7)16-10(19)17(2)6-8(18)11(12,13)14/h5,8,18H,3-4,6H2,1-2H3,(H,15,16,19). The summed E-state index contributed by atoms with van der Waals surface area (Å²) in [6.45, 7) is 1.17. The van der Waals surface area contributed by atoms with Crippen LogP contribution in [0.4, 0.5) is 23.1 Å². The van der Waals surface area contributed by atoms with E-state index in [-0.39, 0.29) is 0 Å². The molecule has 0 aliphatic rings. The van der Waals surface area contributed by atoms with E-state index in [1.807, 2.05) is 6.92 Å². The van der Waals surface area contributed by atoms with Crippen LogP contribution >= 0.6 is 11.3 Å². The summed E-state index contributed by atoms with van der Waals surface area (Å²) in [6, 6.07) is -0.745. The third kappa shape index (κ3) is 4.97. The molecule has 0 spiro atoms. The number of alkyl halides is 3. The van der Waals surface area contributed by atoms with Gasteiger partial charge in [-0.3, -0.25) is 5.32 Å². The zero-order valence-electron chi connectivity index (χ0n) is 11.1. The van der Waals surface area contributed by atoms with E-state index in [0.29, 0.717) is 5.13 Å². The van der Waals surface area contributed by atoms with Gasteiger partial charge in [-0.1, -0.05) is 13.3 Å². The van der Waals surface area contributed by atoms with Crippen LogP contribution in [0.15, 0.2) is 6.20 Å². The molecule has 0 saturated carbocycles. The van der Waals surface area contributed by atoms with E-state index in [2.05, 4.69) is 10.3 Å². The number of amides is 2. The molecule has 0 aliphatic carbocycles. The van der Waals surface area contributed by atoms with Gasteiger partial charge in [-0.15, -0.1) is 11.3 Å². The van der Waals surface area contributed by atoms with Gasteiger partial charge >= 0.3 is 12.2 Å². The zero-order chi connectivity index (χ0) is 15.3. The number of aliphatic hydroxyl groups excluding tert-OH is 1. The average molecular weight is 311 g/mol. The van der Waals surface area contributed by atoms with Gasteiger partial charge in [0.05, 0.1) is 6.54 Å². The molecule has 1 aromatic heterocycles. The molecule has 2 amide bonds. The maximum Gasteiger partial charge on any atom is 0.416 e. The Labute approximate surface area is 118 Å². The number of rotatable bonds is 5. The fourth-order valence-corrected chi connectivity index (χ4v) is 2.26. The van der Waals surface area contributed by atoms with Gasteiger partial charge in [0.2, 0.25) is 0 Å². The minimum atomic E-state index is -4.75. The van der Waals surface area contributed by atoms with Crippen LogP contribution in [-0.2, 0) is 6.42 Å². The molecule has 1 heterocycles. The van der Waals surface area contributed by atoms with Crippen LogP contribution in [0, 0.1) is 0 Å². The number of hydrogen-bond donors (Lipinski definition) is 2. The fourth-order valence-electron chi connectivity index (χ4n) is 1.36. The van der Waals surface area contributed by atoms with Gasteiger partial charge in [-0.05, 0) is 6.42 Å². The van der Waals surface area contributed by atoms with Crippen molar-refractivity contribution in [3.05, 3.63) is 11.1 Å². The summed E-state index contributed by atoms with van der Waals surface area (Å²) in [5.74, 6) is 0. The number of thiazole rings is 1. The summed E-state index contributed by atoms with van der Waals surface area (Å²) in [5, 5.41) is 11.6. The van der Waals surface area contributed by atoms with Crippen molar-refractivity contribution in [3.8, 4) is 0 Å². The van der Waals surface area contributed by atoms with Crippen LogP contribution < -0.4 is 5.32 Å². The molecule has 0 aliphatic heterocycles. The van der Waals surface area contributed by atoms with E-state index in [9.17, 15) is 18.0 Å². The lowest BCUT2D eigenvalue weighted by atomic mass is 10.3. The van der Waals surface area contributed by atoms with E-state index in [0.717, 1.165) is 22.6 Å². The number of nitrogens with one attached hydrogen (secondary N) is 1. The van der Waals surface area contributed by atoms with E-state index in [1.54, 1.807) is 6.20 Å². The topological polar surface area (TPSA) is 65.5 Å². The van der Waals surface area contributed by atoms with Crippen molar-refractivity contribution in [1.82, 2.24) is 9.88 Å². The second-order valence-corrected chi connectivity index (χ2v) is 5.37. The Morgan fingerprint density at radius 1 is 1.60 bits per heavy atom. The summed E-state index contributed by atoms with van der Waals surface area (Å²) in [6.07, 6.45) is -3.92.